The fourth-order valence-electron chi connectivity index (χ4n) is 2.42. The number of rotatable bonds is 7. The molecule has 2 heterocycles. The van der Waals surface area contributed by atoms with Gasteiger partial charge in [-0.3, -0.25) is 0 Å². The maximum atomic E-state index is 12.4. The largest absolute Gasteiger partial charge is 0.314 e. The van der Waals surface area contributed by atoms with Crippen molar-refractivity contribution in [2.24, 2.45) is 0 Å². The summed E-state index contributed by atoms with van der Waals surface area (Å²) in [5, 5.41) is 3.46. The second-order valence-corrected chi connectivity index (χ2v) is 10.0. The number of hydrogen-bond acceptors (Lipinski definition) is 5. The van der Waals surface area contributed by atoms with E-state index in [2.05, 4.69) is 10.0 Å². The van der Waals surface area contributed by atoms with Gasteiger partial charge >= 0.3 is 0 Å². The standard InChI is InChI=1S/C14H22N2O2S3/c17-21(18,16-12-6-9-19-10-7-12)14-4-3-13(20-14)5-8-15-11-1-2-11/h3-4,11-12,15-16H,1-2,5-10H2. The van der Waals surface area contributed by atoms with Crippen molar-refractivity contribution in [2.75, 3.05) is 18.1 Å². The molecule has 0 bridgehead atoms. The first kappa shape index (κ1) is 15.8. The van der Waals surface area contributed by atoms with E-state index in [1.54, 1.807) is 6.07 Å². The van der Waals surface area contributed by atoms with E-state index in [0.717, 1.165) is 42.2 Å². The average Bonchev–Trinajstić information content (AvgIpc) is 3.15. The van der Waals surface area contributed by atoms with Crippen molar-refractivity contribution < 1.29 is 8.42 Å². The van der Waals surface area contributed by atoms with Gasteiger partial charge < -0.3 is 5.32 Å². The van der Waals surface area contributed by atoms with Gasteiger partial charge in [0.25, 0.3) is 0 Å². The Morgan fingerprint density at radius 1 is 1.10 bits per heavy atom. The van der Waals surface area contributed by atoms with E-state index >= 15 is 0 Å². The molecule has 118 valence electrons. The first-order chi connectivity index (χ1) is 10.1. The van der Waals surface area contributed by atoms with E-state index < -0.39 is 10.0 Å². The molecule has 1 aromatic heterocycles. The highest BCUT2D eigenvalue weighted by Gasteiger charge is 2.23. The molecule has 0 spiro atoms. The zero-order valence-corrected chi connectivity index (χ0v) is 14.5. The van der Waals surface area contributed by atoms with E-state index in [0.29, 0.717) is 10.3 Å². The van der Waals surface area contributed by atoms with Crippen LogP contribution in [0, 0.1) is 0 Å². The monoisotopic (exact) mass is 346 g/mol. The van der Waals surface area contributed by atoms with Gasteiger partial charge in [-0.25, -0.2) is 13.1 Å². The van der Waals surface area contributed by atoms with Crippen LogP contribution in [-0.2, 0) is 16.4 Å². The van der Waals surface area contributed by atoms with Crippen molar-refractivity contribution in [3.63, 3.8) is 0 Å². The molecule has 1 aliphatic heterocycles. The lowest BCUT2D eigenvalue weighted by atomic mass is 10.2. The Hall–Kier alpha value is -0.0800. The van der Waals surface area contributed by atoms with Gasteiger partial charge in [0.05, 0.1) is 0 Å². The topological polar surface area (TPSA) is 58.2 Å². The molecule has 0 aromatic carbocycles. The highest BCUT2D eigenvalue weighted by atomic mass is 32.2. The molecule has 4 nitrogen and oxygen atoms in total. The molecule has 2 aliphatic rings. The van der Waals surface area contributed by atoms with Crippen LogP contribution in [0.1, 0.15) is 30.6 Å². The van der Waals surface area contributed by atoms with E-state index in [4.69, 9.17) is 0 Å². The van der Waals surface area contributed by atoms with Gasteiger partial charge in [-0.15, -0.1) is 11.3 Å². The zero-order chi connectivity index (χ0) is 14.7. The van der Waals surface area contributed by atoms with Crippen LogP contribution in [0.3, 0.4) is 0 Å². The summed E-state index contributed by atoms with van der Waals surface area (Å²) in [5.74, 6) is 2.10. The van der Waals surface area contributed by atoms with Gasteiger partial charge in [-0.05, 0) is 55.7 Å². The molecular weight excluding hydrogens is 324 g/mol. The van der Waals surface area contributed by atoms with Crippen molar-refractivity contribution in [3.8, 4) is 0 Å². The second-order valence-electron chi connectivity index (χ2n) is 5.71. The third-order valence-electron chi connectivity index (χ3n) is 3.83. The lowest BCUT2D eigenvalue weighted by molar-refractivity contribution is 0.530. The van der Waals surface area contributed by atoms with Crippen LogP contribution in [0.15, 0.2) is 16.3 Å². The molecule has 0 radical (unpaired) electrons. The molecule has 0 unspecified atom stereocenters. The summed E-state index contributed by atoms with van der Waals surface area (Å²) in [7, 11) is -3.33. The first-order valence-electron chi connectivity index (χ1n) is 7.56. The Labute approximate surface area is 135 Å². The van der Waals surface area contributed by atoms with Crippen LogP contribution >= 0.6 is 23.1 Å². The van der Waals surface area contributed by atoms with Crippen LogP contribution in [0.5, 0.6) is 0 Å². The van der Waals surface area contributed by atoms with Crippen molar-refractivity contribution >= 4 is 33.1 Å². The fourth-order valence-corrected chi connectivity index (χ4v) is 6.20. The average molecular weight is 347 g/mol. The Kier molecular flexibility index (Phi) is 5.27. The third kappa shape index (κ3) is 4.69. The molecule has 0 amide bonds. The normalized spacial score (nSPS) is 20.8. The summed E-state index contributed by atoms with van der Waals surface area (Å²) < 4.78 is 28.1. The molecule has 1 saturated heterocycles. The number of thioether (sulfide) groups is 1. The lowest BCUT2D eigenvalue weighted by Crippen LogP contribution is -2.36. The number of thiophene rings is 1. The molecule has 2 fully saturated rings. The van der Waals surface area contributed by atoms with Gasteiger partial charge in [-0.1, -0.05) is 0 Å². The second kappa shape index (κ2) is 7.00. The first-order valence-corrected chi connectivity index (χ1v) is 11.0. The summed E-state index contributed by atoms with van der Waals surface area (Å²) >= 11 is 3.31. The van der Waals surface area contributed by atoms with E-state index in [1.807, 2.05) is 17.8 Å². The Morgan fingerprint density at radius 3 is 2.57 bits per heavy atom. The molecule has 2 N–H and O–H groups in total. The molecule has 0 atom stereocenters. The summed E-state index contributed by atoms with van der Waals surface area (Å²) in [5.41, 5.74) is 0. The van der Waals surface area contributed by atoms with Crippen LogP contribution in [0.4, 0.5) is 0 Å². The maximum Gasteiger partial charge on any atom is 0.250 e. The molecule has 1 aromatic rings. The summed E-state index contributed by atoms with van der Waals surface area (Å²) in [4.78, 5) is 1.14. The minimum atomic E-state index is -3.33. The van der Waals surface area contributed by atoms with Crippen LogP contribution in [-0.4, -0.2) is 38.6 Å². The minimum absolute atomic E-state index is 0.110. The number of sulfonamides is 1. The van der Waals surface area contributed by atoms with Crippen LogP contribution in [0.2, 0.25) is 0 Å². The minimum Gasteiger partial charge on any atom is -0.314 e. The summed E-state index contributed by atoms with van der Waals surface area (Å²) in [6.07, 6.45) is 5.36. The predicted molar refractivity (Wildman–Crippen MR) is 89.7 cm³/mol. The Morgan fingerprint density at radius 2 is 1.86 bits per heavy atom. The van der Waals surface area contributed by atoms with E-state index in [-0.39, 0.29) is 6.04 Å². The predicted octanol–water partition coefficient (Wildman–Crippen LogP) is 2.22. The van der Waals surface area contributed by atoms with Crippen molar-refractivity contribution in [3.05, 3.63) is 17.0 Å². The SMILES string of the molecule is O=S(=O)(NC1CCSCC1)c1ccc(CCNC2CC2)s1. The Balaban J connectivity index is 1.55. The maximum absolute atomic E-state index is 12.4. The van der Waals surface area contributed by atoms with E-state index in [1.165, 1.54) is 24.2 Å². The molecule has 21 heavy (non-hydrogen) atoms. The van der Waals surface area contributed by atoms with Gasteiger partial charge in [0, 0.05) is 23.5 Å². The molecule has 1 aliphatic carbocycles. The summed E-state index contributed by atoms with van der Waals surface area (Å²) in [6, 6.07) is 4.51. The Bertz CT molecular complexity index is 561. The quantitative estimate of drug-likeness (QED) is 0.795. The smallest absolute Gasteiger partial charge is 0.250 e. The van der Waals surface area contributed by atoms with Crippen LogP contribution < -0.4 is 10.0 Å². The molecule has 1 saturated carbocycles. The van der Waals surface area contributed by atoms with E-state index in [9.17, 15) is 8.42 Å². The van der Waals surface area contributed by atoms with Gasteiger partial charge in [0.15, 0.2) is 0 Å². The molecule has 7 heteroatoms. The van der Waals surface area contributed by atoms with Gasteiger partial charge in [0.1, 0.15) is 4.21 Å². The third-order valence-corrected chi connectivity index (χ3v) is 8.03. The fraction of sp³-hybridized carbons (Fsp3) is 0.714. The number of hydrogen-bond donors (Lipinski definition) is 2. The van der Waals surface area contributed by atoms with Crippen molar-refractivity contribution in [2.45, 2.75) is 48.4 Å². The zero-order valence-electron chi connectivity index (χ0n) is 12.0. The summed E-state index contributed by atoms with van der Waals surface area (Å²) in [6.45, 7) is 0.942. The van der Waals surface area contributed by atoms with Gasteiger partial charge in [0.2, 0.25) is 10.0 Å². The lowest BCUT2D eigenvalue weighted by Gasteiger charge is -2.21. The number of nitrogens with one attached hydrogen (secondary N) is 2. The van der Waals surface area contributed by atoms with Crippen molar-refractivity contribution in [1.29, 1.82) is 0 Å². The van der Waals surface area contributed by atoms with Gasteiger partial charge in [-0.2, -0.15) is 11.8 Å². The highest BCUT2D eigenvalue weighted by Crippen LogP contribution is 2.25. The molecular formula is C14H22N2O2S3. The molecule has 3 rings (SSSR count). The van der Waals surface area contributed by atoms with Crippen LogP contribution in [0.25, 0.3) is 0 Å². The van der Waals surface area contributed by atoms with Crippen molar-refractivity contribution in [1.82, 2.24) is 10.0 Å². The highest BCUT2D eigenvalue weighted by molar-refractivity contribution is 7.99.